The van der Waals surface area contributed by atoms with E-state index in [9.17, 15) is 0 Å². The van der Waals surface area contributed by atoms with Gasteiger partial charge in [0.05, 0.1) is 6.26 Å². The summed E-state index contributed by atoms with van der Waals surface area (Å²) in [5, 5.41) is 0. The Balaban J connectivity index is 2.51. The predicted octanol–water partition coefficient (Wildman–Crippen LogP) is 2.50. The van der Waals surface area contributed by atoms with Crippen LogP contribution in [0.5, 0.6) is 0 Å². The quantitative estimate of drug-likeness (QED) is 0.651. The van der Waals surface area contributed by atoms with Gasteiger partial charge in [0.25, 0.3) is 0 Å². The number of hydrogen-bond donors (Lipinski definition) is 0. The summed E-state index contributed by atoms with van der Waals surface area (Å²) in [4.78, 5) is 1.27. The summed E-state index contributed by atoms with van der Waals surface area (Å²) in [5.74, 6) is 0. The van der Waals surface area contributed by atoms with Crippen LogP contribution in [0.2, 0.25) is 0 Å². The zero-order valence-corrected chi connectivity index (χ0v) is 7.11. The average molecular weight is 240 g/mol. The second kappa shape index (κ2) is 3.40. The van der Waals surface area contributed by atoms with Crippen LogP contribution in [0.3, 0.4) is 0 Å². The van der Waals surface area contributed by atoms with Crippen molar-refractivity contribution in [3.63, 3.8) is 0 Å². The van der Waals surface area contributed by atoms with E-state index in [0.29, 0.717) is 0 Å². The fourth-order valence-electron chi connectivity index (χ4n) is 0.426. The van der Waals surface area contributed by atoms with Gasteiger partial charge in [0.1, 0.15) is 6.61 Å². The Morgan fingerprint density at radius 1 is 1.75 bits per heavy atom. The van der Waals surface area contributed by atoms with Crippen molar-refractivity contribution < 1.29 is 4.74 Å². The van der Waals surface area contributed by atoms with Gasteiger partial charge < -0.3 is 4.74 Å². The van der Waals surface area contributed by atoms with Crippen LogP contribution in [0.4, 0.5) is 0 Å². The molecule has 44 valence electrons. The zero-order valence-electron chi connectivity index (χ0n) is 4.13. The van der Waals surface area contributed by atoms with Crippen LogP contribution in [0, 0.1) is 0 Å². The molecule has 3 heteroatoms. The van der Waals surface area contributed by atoms with Gasteiger partial charge in [-0.15, -0.1) is 0 Å². The first-order valence-electron chi connectivity index (χ1n) is 2.20. The van der Waals surface area contributed by atoms with Crippen LogP contribution in [-0.4, -0.2) is 6.61 Å². The Bertz CT molecular complexity index is 130. The molecule has 0 aromatic carbocycles. The average Bonchev–Trinajstić information content (AvgIpc) is 1.90. The first kappa shape index (κ1) is 6.48. The molecule has 0 unspecified atom stereocenters. The number of rotatable bonds is 1. The number of halogens is 1. The van der Waals surface area contributed by atoms with Crippen LogP contribution >= 0.6 is 30.1 Å². The molecule has 0 bridgehead atoms. The van der Waals surface area contributed by atoms with Gasteiger partial charge in [-0.25, -0.2) is 0 Å². The third-order valence-corrected chi connectivity index (χ3v) is 2.80. The molecule has 0 atom stereocenters. The van der Waals surface area contributed by atoms with Gasteiger partial charge in [-0.05, 0) is 12.2 Å². The van der Waals surface area contributed by atoms with E-state index in [4.69, 9.17) is 4.74 Å². The Morgan fingerprint density at radius 2 is 2.62 bits per heavy atom. The van der Waals surface area contributed by atoms with E-state index in [0.717, 1.165) is 6.61 Å². The van der Waals surface area contributed by atoms with Crippen molar-refractivity contribution in [2.45, 2.75) is 0 Å². The second-order valence-corrected chi connectivity index (χ2v) is 3.27. The lowest BCUT2D eigenvalue weighted by molar-refractivity contribution is 0.285. The van der Waals surface area contributed by atoms with E-state index in [2.05, 4.69) is 27.3 Å². The molecular weight excluding hydrogens is 235 g/mol. The molecule has 0 saturated carbocycles. The minimum Gasteiger partial charge on any atom is -0.497 e. The third-order valence-electron chi connectivity index (χ3n) is 0.798. The van der Waals surface area contributed by atoms with Crippen molar-refractivity contribution in [2.24, 2.45) is 0 Å². The number of allylic oxidation sites excluding steroid dienone is 1. The minimum atomic E-state index is 0.724. The maximum absolute atomic E-state index is 4.93. The van der Waals surface area contributed by atoms with Gasteiger partial charge in [-0.2, -0.15) is 0 Å². The third kappa shape index (κ3) is 1.70. The Hall–Kier alpha value is 0.360. The molecular formula is C5H5IOS. The molecule has 0 amide bonds. The normalized spacial score (nSPS) is 17.4. The molecule has 0 aliphatic carbocycles. The molecule has 1 heterocycles. The lowest BCUT2D eigenvalue weighted by Crippen LogP contribution is -1.87. The Morgan fingerprint density at radius 3 is 3.00 bits per heavy atom. The highest BCUT2D eigenvalue weighted by atomic mass is 127. The van der Waals surface area contributed by atoms with Crippen molar-refractivity contribution in [1.29, 1.82) is 0 Å². The van der Waals surface area contributed by atoms with Crippen LogP contribution in [-0.2, 0) is 4.74 Å². The van der Waals surface area contributed by atoms with E-state index in [1.54, 1.807) is 15.2 Å². The van der Waals surface area contributed by atoms with E-state index in [1.807, 2.05) is 6.08 Å². The first-order chi connectivity index (χ1) is 3.93. The zero-order chi connectivity index (χ0) is 5.82. The van der Waals surface area contributed by atoms with E-state index in [1.165, 1.54) is 4.91 Å². The minimum absolute atomic E-state index is 0.724. The molecule has 0 aromatic rings. The van der Waals surface area contributed by atoms with Crippen molar-refractivity contribution >= 4 is 30.1 Å². The molecule has 1 aliphatic rings. The van der Waals surface area contributed by atoms with Crippen LogP contribution < -0.4 is 0 Å². The molecule has 1 rings (SSSR count). The highest BCUT2D eigenvalue weighted by Gasteiger charge is 1.93. The molecule has 0 saturated heterocycles. The maximum atomic E-state index is 4.93. The highest BCUT2D eigenvalue weighted by molar-refractivity contribution is 14.2. The summed E-state index contributed by atoms with van der Waals surface area (Å²) in [6.07, 6.45) is 5.73. The lowest BCUT2D eigenvalue weighted by Gasteiger charge is -2.02. The van der Waals surface area contributed by atoms with Gasteiger partial charge in [-0.1, -0.05) is 8.93 Å². The van der Waals surface area contributed by atoms with Crippen molar-refractivity contribution in [3.8, 4) is 0 Å². The maximum Gasteiger partial charge on any atom is 0.107 e. The summed E-state index contributed by atoms with van der Waals surface area (Å²) < 4.78 is 4.93. The van der Waals surface area contributed by atoms with Gasteiger partial charge >= 0.3 is 0 Å². The Labute approximate surface area is 64.8 Å². The van der Waals surface area contributed by atoms with Crippen molar-refractivity contribution in [3.05, 3.63) is 23.3 Å². The van der Waals surface area contributed by atoms with E-state index >= 15 is 0 Å². The Kier molecular flexibility index (Phi) is 2.75. The largest absolute Gasteiger partial charge is 0.497 e. The standard InChI is InChI=1S/C5H5IOS/c6-8-5-1-3-7-4-2-5/h1-3H,4H2. The smallest absolute Gasteiger partial charge is 0.107 e. The summed E-state index contributed by atoms with van der Waals surface area (Å²) in [6, 6.07) is 0. The molecule has 1 nitrogen and oxygen atoms in total. The summed E-state index contributed by atoms with van der Waals surface area (Å²) in [6.45, 7) is 0.724. The summed E-state index contributed by atoms with van der Waals surface area (Å²) >= 11 is 2.25. The molecule has 0 N–H and O–H groups in total. The fraction of sp³-hybridized carbons (Fsp3) is 0.200. The van der Waals surface area contributed by atoms with E-state index in [-0.39, 0.29) is 0 Å². The van der Waals surface area contributed by atoms with Crippen LogP contribution in [0.1, 0.15) is 0 Å². The van der Waals surface area contributed by atoms with Crippen LogP contribution in [0.25, 0.3) is 0 Å². The first-order valence-corrected chi connectivity index (χ1v) is 5.56. The van der Waals surface area contributed by atoms with Gasteiger partial charge in [0.2, 0.25) is 0 Å². The molecule has 1 aliphatic heterocycles. The second-order valence-electron chi connectivity index (χ2n) is 1.32. The van der Waals surface area contributed by atoms with Gasteiger partial charge in [-0.3, -0.25) is 0 Å². The van der Waals surface area contributed by atoms with Gasteiger partial charge in [0, 0.05) is 26.1 Å². The van der Waals surface area contributed by atoms with Gasteiger partial charge in [0.15, 0.2) is 0 Å². The highest BCUT2D eigenvalue weighted by Crippen LogP contribution is 2.25. The van der Waals surface area contributed by atoms with Crippen LogP contribution in [0.15, 0.2) is 23.3 Å². The summed E-state index contributed by atoms with van der Waals surface area (Å²) in [7, 11) is 1.71. The molecule has 0 radical (unpaired) electrons. The topological polar surface area (TPSA) is 9.23 Å². The monoisotopic (exact) mass is 240 g/mol. The fourth-order valence-corrected chi connectivity index (χ4v) is 1.64. The SMILES string of the molecule is ISC1=CCOC=C1. The molecule has 0 spiro atoms. The summed E-state index contributed by atoms with van der Waals surface area (Å²) in [5.41, 5.74) is 0. The number of hydrogen-bond acceptors (Lipinski definition) is 2. The van der Waals surface area contributed by atoms with E-state index < -0.39 is 0 Å². The van der Waals surface area contributed by atoms with Crippen molar-refractivity contribution in [2.75, 3.05) is 6.61 Å². The number of ether oxygens (including phenoxy) is 1. The molecule has 0 fully saturated rings. The predicted molar refractivity (Wildman–Crippen MR) is 44.8 cm³/mol. The molecule has 8 heavy (non-hydrogen) atoms. The molecule has 0 aromatic heterocycles. The van der Waals surface area contributed by atoms with Crippen molar-refractivity contribution in [1.82, 2.24) is 0 Å². The lowest BCUT2D eigenvalue weighted by atomic mass is 10.4.